The van der Waals surface area contributed by atoms with E-state index in [0.29, 0.717) is 24.5 Å². The molecule has 0 saturated carbocycles. The van der Waals surface area contributed by atoms with Crippen molar-refractivity contribution >= 4 is 26.6 Å². The molecule has 0 aliphatic carbocycles. The zero-order chi connectivity index (χ0) is 17.6. The minimum absolute atomic E-state index is 0.0209. The van der Waals surface area contributed by atoms with Gasteiger partial charge in [-0.1, -0.05) is 12.1 Å². The van der Waals surface area contributed by atoms with Crippen molar-refractivity contribution in [3.63, 3.8) is 0 Å². The number of aromatic amines is 1. The molecule has 2 aromatic rings. The van der Waals surface area contributed by atoms with Crippen LogP contribution in [0.15, 0.2) is 24.3 Å². The molecule has 1 unspecified atom stereocenters. The Kier molecular flexibility index (Phi) is 4.08. The predicted octanol–water partition coefficient (Wildman–Crippen LogP) is 1.42. The molecule has 7 heteroatoms. The summed E-state index contributed by atoms with van der Waals surface area (Å²) in [6.07, 6.45) is 0.720. The lowest BCUT2D eigenvalue weighted by Gasteiger charge is -2.37. The van der Waals surface area contributed by atoms with Gasteiger partial charge in [-0.15, -0.1) is 0 Å². The first-order valence-corrected chi connectivity index (χ1v) is 10.6. The molecule has 1 atom stereocenters. The fraction of sp³-hybridized carbons (Fsp3) is 0.500. The molecule has 25 heavy (non-hydrogen) atoms. The van der Waals surface area contributed by atoms with E-state index in [1.165, 1.54) is 0 Å². The number of hydrogen-bond donors (Lipinski definition) is 1. The van der Waals surface area contributed by atoms with Gasteiger partial charge in [0.25, 0.3) is 5.91 Å². The summed E-state index contributed by atoms with van der Waals surface area (Å²) < 4.78 is 23.3. The summed E-state index contributed by atoms with van der Waals surface area (Å²) in [6.45, 7) is 4.80. The van der Waals surface area contributed by atoms with Crippen molar-refractivity contribution in [3.8, 4) is 0 Å². The van der Waals surface area contributed by atoms with E-state index in [0.717, 1.165) is 36.0 Å². The number of aryl methyl sites for hydroxylation is 1. The normalized spacial score (nSPS) is 24.0. The number of H-pyrrole nitrogens is 1. The molecule has 1 amide bonds. The number of benzene rings is 1. The van der Waals surface area contributed by atoms with Gasteiger partial charge in [0.1, 0.15) is 5.69 Å². The molecule has 3 heterocycles. The zero-order valence-corrected chi connectivity index (χ0v) is 15.2. The highest BCUT2D eigenvalue weighted by molar-refractivity contribution is 7.91. The van der Waals surface area contributed by atoms with Gasteiger partial charge in [0.05, 0.1) is 11.5 Å². The molecule has 134 valence electrons. The number of fused-ring (bicyclic) bond motifs is 1. The molecule has 0 bridgehead atoms. The summed E-state index contributed by atoms with van der Waals surface area (Å²) in [5.74, 6) is 0.584. The van der Waals surface area contributed by atoms with E-state index in [2.05, 4.69) is 9.88 Å². The van der Waals surface area contributed by atoms with E-state index in [9.17, 15) is 13.2 Å². The quantitative estimate of drug-likeness (QED) is 0.878. The van der Waals surface area contributed by atoms with Gasteiger partial charge in [-0.3, -0.25) is 9.69 Å². The summed E-state index contributed by atoms with van der Waals surface area (Å²) in [6, 6.07) is 8.14. The zero-order valence-electron chi connectivity index (χ0n) is 14.4. The van der Waals surface area contributed by atoms with Crippen LogP contribution in [-0.4, -0.2) is 72.8 Å². The SMILES string of the molecule is Cc1ccc2cc(C(=O)N3CCN(C4CCS(=O)(=O)C4)CC3)[nH]c2c1. The number of nitrogens with one attached hydrogen (secondary N) is 1. The number of carbonyl (C=O) groups excluding carboxylic acids is 1. The van der Waals surface area contributed by atoms with Crippen LogP contribution >= 0.6 is 0 Å². The Morgan fingerprint density at radius 2 is 1.92 bits per heavy atom. The van der Waals surface area contributed by atoms with Gasteiger partial charge in [-0.2, -0.15) is 0 Å². The van der Waals surface area contributed by atoms with Crippen LogP contribution in [0.25, 0.3) is 10.9 Å². The van der Waals surface area contributed by atoms with Crippen molar-refractivity contribution in [3.05, 3.63) is 35.5 Å². The minimum atomic E-state index is -2.86. The maximum absolute atomic E-state index is 12.8. The van der Waals surface area contributed by atoms with Crippen molar-refractivity contribution in [1.82, 2.24) is 14.8 Å². The van der Waals surface area contributed by atoms with E-state index in [1.54, 1.807) is 0 Å². The number of rotatable bonds is 2. The second kappa shape index (κ2) is 6.14. The van der Waals surface area contributed by atoms with Crippen LogP contribution in [0, 0.1) is 6.92 Å². The molecule has 6 nitrogen and oxygen atoms in total. The summed E-state index contributed by atoms with van der Waals surface area (Å²) in [5, 5.41) is 1.05. The number of aromatic nitrogens is 1. The van der Waals surface area contributed by atoms with E-state index >= 15 is 0 Å². The third-order valence-electron chi connectivity index (χ3n) is 5.33. The Bertz CT molecular complexity index is 911. The number of nitrogens with zero attached hydrogens (tertiary/aromatic N) is 2. The fourth-order valence-electron chi connectivity index (χ4n) is 3.88. The van der Waals surface area contributed by atoms with Gasteiger partial charge in [-0.25, -0.2) is 8.42 Å². The fourth-order valence-corrected chi connectivity index (χ4v) is 5.64. The number of amides is 1. The highest BCUT2D eigenvalue weighted by Crippen LogP contribution is 2.21. The van der Waals surface area contributed by atoms with E-state index in [1.807, 2.05) is 36.1 Å². The highest BCUT2D eigenvalue weighted by atomic mass is 32.2. The van der Waals surface area contributed by atoms with Crippen LogP contribution in [0.1, 0.15) is 22.5 Å². The first-order chi connectivity index (χ1) is 11.9. The number of piperazine rings is 1. The molecule has 2 fully saturated rings. The van der Waals surface area contributed by atoms with Gasteiger partial charge in [0.2, 0.25) is 0 Å². The van der Waals surface area contributed by atoms with Gasteiger partial charge in [-0.05, 0) is 31.0 Å². The number of sulfone groups is 1. The average Bonchev–Trinajstić information content (AvgIpc) is 3.17. The maximum atomic E-state index is 12.8. The van der Waals surface area contributed by atoms with Gasteiger partial charge in [0, 0.05) is 43.1 Å². The monoisotopic (exact) mass is 361 g/mol. The van der Waals surface area contributed by atoms with Crippen LogP contribution < -0.4 is 0 Å². The predicted molar refractivity (Wildman–Crippen MR) is 97.6 cm³/mol. The first kappa shape index (κ1) is 16.6. The molecule has 1 aromatic heterocycles. The molecular weight excluding hydrogens is 338 g/mol. The maximum Gasteiger partial charge on any atom is 0.270 e. The van der Waals surface area contributed by atoms with E-state index in [4.69, 9.17) is 0 Å². The van der Waals surface area contributed by atoms with Crippen molar-refractivity contribution in [2.45, 2.75) is 19.4 Å². The van der Waals surface area contributed by atoms with Crippen LogP contribution in [0.2, 0.25) is 0 Å². The topological polar surface area (TPSA) is 73.5 Å². The lowest BCUT2D eigenvalue weighted by molar-refractivity contribution is 0.0583. The number of carbonyl (C=O) groups is 1. The lowest BCUT2D eigenvalue weighted by atomic mass is 10.2. The Morgan fingerprint density at radius 3 is 2.60 bits per heavy atom. The van der Waals surface area contributed by atoms with E-state index < -0.39 is 9.84 Å². The second-order valence-electron chi connectivity index (χ2n) is 7.16. The Labute approximate surface area is 147 Å². The molecule has 2 aliphatic rings. The van der Waals surface area contributed by atoms with Crippen LogP contribution in [0.3, 0.4) is 0 Å². The van der Waals surface area contributed by atoms with Crippen molar-refractivity contribution < 1.29 is 13.2 Å². The molecule has 1 N–H and O–H groups in total. The molecule has 2 aliphatic heterocycles. The van der Waals surface area contributed by atoms with Crippen molar-refractivity contribution in [1.29, 1.82) is 0 Å². The molecule has 0 spiro atoms. The van der Waals surface area contributed by atoms with E-state index in [-0.39, 0.29) is 17.7 Å². The van der Waals surface area contributed by atoms with Crippen molar-refractivity contribution in [2.75, 3.05) is 37.7 Å². The molecule has 2 saturated heterocycles. The van der Waals surface area contributed by atoms with Crippen LogP contribution in [0.4, 0.5) is 0 Å². The highest BCUT2D eigenvalue weighted by Gasteiger charge is 2.34. The molecule has 0 radical (unpaired) electrons. The first-order valence-electron chi connectivity index (χ1n) is 8.74. The van der Waals surface area contributed by atoms with Gasteiger partial charge < -0.3 is 9.88 Å². The standard InChI is InChI=1S/C18H23N3O3S/c1-13-2-3-14-11-17(19-16(14)10-13)18(22)21-7-5-20(6-8-21)15-4-9-25(23,24)12-15/h2-3,10-11,15,19H,4-9,12H2,1H3. The third-order valence-corrected chi connectivity index (χ3v) is 7.09. The van der Waals surface area contributed by atoms with Gasteiger partial charge in [0.15, 0.2) is 9.84 Å². The summed E-state index contributed by atoms with van der Waals surface area (Å²) in [5.41, 5.74) is 2.77. The summed E-state index contributed by atoms with van der Waals surface area (Å²) in [7, 11) is -2.86. The second-order valence-corrected chi connectivity index (χ2v) is 9.39. The van der Waals surface area contributed by atoms with Crippen LogP contribution in [-0.2, 0) is 9.84 Å². The Hall–Kier alpha value is -1.86. The summed E-state index contributed by atoms with van der Waals surface area (Å²) in [4.78, 5) is 20.1. The Morgan fingerprint density at radius 1 is 1.16 bits per heavy atom. The smallest absolute Gasteiger partial charge is 0.270 e. The largest absolute Gasteiger partial charge is 0.351 e. The summed E-state index contributed by atoms with van der Waals surface area (Å²) >= 11 is 0. The minimum Gasteiger partial charge on any atom is -0.351 e. The average molecular weight is 361 g/mol. The van der Waals surface area contributed by atoms with Crippen LogP contribution in [0.5, 0.6) is 0 Å². The van der Waals surface area contributed by atoms with Crippen molar-refractivity contribution in [2.24, 2.45) is 0 Å². The number of hydrogen-bond acceptors (Lipinski definition) is 4. The molecule has 4 rings (SSSR count). The third kappa shape index (κ3) is 3.30. The molecular formula is C18H23N3O3S. The Balaban J connectivity index is 1.42. The molecule has 1 aromatic carbocycles. The van der Waals surface area contributed by atoms with Gasteiger partial charge >= 0.3 is 0 Å². The lowest BCUT2D eigenvalue weighted by Crippen LogP contribution is -2.52.